The summed E-state index contributed by atoms with van der Waals surface area (Å²) in [6.45, 7) is 0. The van der Waals surface area contributed by atoms with E-state index in [2.05, 4.69) is 0 Å². The number of nitrogens with two attached hydrogens (primary N) is 1. The zero-order valence-electron chi connectivity index (χ0n) is 8.14. The molecule has 0 saturated carbocycles. The monoisotopic (exact) mass is 387 g/mol. The summed E-state index contributed by atoms with van der Waals surface area (Å²) in [5.74, 6) is -4.93. The first-order valence-electron chi connectivity index (χ1n) is 4.12. The summed E-state index contributed by atoms with van der Waals surface area (Å²) in [6.07, 6.45) is -5.65. The van der Waals surface area contributed by atoms with Gasteiger partial charge in [-0.2, -0.15) is 22.0 Å². The minimum absolute atomic E-state index is 0. The van der Waals surface area contributed by atoms with E-state index in [1.165, 1.54) is 12.1 Å². The van der Waals surface area contributed by atoms with Gasteiger partial charge in [-0.15, -0.1) is 12.4 Å². The van der Waals surface area contributed by atoms with Crippen LogP contribution in [0.25, 0.3) is 0 Å². The van der Waals surface area contributed by atoms with E-state index in [1.54, 1.807) is 28.7 Å². The van der Waals surface area contributed by atoms with E-state index >= 15 is 0 Å². The van der Waals surface area contributed by atoms with Crippen LogP contribution in [0.4, 0.5) is 22.0 Å². The lowest BCUT2D eigenvalue weighted by Crippen LogP contribution is -2.45. The van der Waals surface area contributed by atoms with Crippen molar-refractivity contribution in [1.29, 1.82) is 0 Å². The fourth-order valence-electron chi connectivity index (χ4n) is 1.09. The summed E-state index contributed by atoms with van der Waals surface area (Å²) >= 11 is 1.81. The van der Waals surface area contributed by atoms with Crippen LogP contribution in [0, 0.1) is 3.57 Å². The van der Waals surface area contributed by atoms with E-state index in [0.717, 1.165) is 6.07 Å². The molecule has 0 radical (unpaired) electrons. The molecule has 2 N–H and O–H groups in total. The quantitative estimate of drug-likeness (QED) is 0.604. The maximum Gasteiger partial charge on any atom is 0.455 e. The van der Waals surface area contributed by atoms with Gasteiger partial charge in [0.05, 0.1) is 0 Å². The summed E-state index contributed by atoms with van der Waals surface area (Å²) in [7, 11) is 0. The highest BCUT2D eigenvalue weighted by molar-refractivity contribution is 14.1. The molecule has 1 aromatic carbocycles. The molecule has 1 atom stereocenters. The van der Waals surface area contributed by atoms with Crippen LogP contribution in [0.2, 0.25) is 0 Å². The van der Waals surface area contributed by atoms with Crippen LogP contribution < -0.4 is 5.73 Å². The van der Waals surface area contributed by atoms with Gasteiger partial charge < -0.3 is 5.73 Å². The second kappa shape index (κ2) is 5.66. The van der Waals surface area contributed by atoms with Crippen molar-refractivity contribution in [2.24, 2.45) is 5.73 Å². The van der Waals surface area contributed by atoms with Gasteiger partial charge in [-0.3, -0.25) is 0 Å². The average Bonchev–Trinajstić information content (AvgIpc) is 2.14. The van der Waals surface area contributed by atoms with E-state index in [9.17, 15) is 22.0 Å². The maximum absolute atomic E-state index is 12.9. The number of hydrogen-bond donors (Lipinski definition) is 1. The van der Waals surface area contributed by atoms with Crippen LogP contribution in [-0.2, 0) is 0 Å². The van der Waals surface area contributed by atoms with Crippen LogP contribution in [0.1, 0.15) is 11.6 Å². The van der Waals surface area contributed by atoms with Crippen molar-refractivity contribution in [2.45, 2.75) is 18.1 Å². The van der Waals surface area contributed by atoms with Crippen molar-refractivity contribution in [3.8, 4) is 0 Å². The van der Waals surface area contributed by atoms with Crippen molar-refractivity contribution in [3.63, 3.8) is 0 Å². The molecule has 0 aliphatic rings. The third-order valence-corrected chi connectivity index (χ3v) is 2.65. The lowest BCUT2D eigenvalue weighted by molar-refractivity contribution is -0.291. The molecule has 1 rings (SSSR count). The van der Waals surface area contributed by atoms with Gasteiger partial charge in [0, 0.05) is 3.57 Å². The summed E-state index contributed by atoms with van der Waals surface area (Å²) in [5, 5.41) is 0. The highest BCUT2D eigenvalue weighted by Gasteiger charge is 2.61. The Hall–Kier alpha value is -0.150. The molecule has 98 valence electrons. The summed E-state index contributed by atoms with van der Waals surface area (Å²) in [6, 6.07) is 2.91. The Morgan fingerprint density at radius 3 is 2.06 bits per heavy atom. The first-order valence-corrected chi connectivity index (χ1v) is 5.19. The third kappa shape index (κ3) is 3.65. The minimum atomic E-state index is -5.65. The normalized spacial score (nSPS) is 14.1. The Morgan fingerprint density at radius 2 is 1.65 bits per heavy atom. The first-order chi connectivity index (χ1) is 7.16. The Morgan fingerprint density at radius 1 is 1.12 bits per heavy atom. The number of rotatable bonds is 2. The van der Waals surface area contributed by atoms with Gasteiger partial charge in [-0.25, -0.2) is 0 Å². The highest BCUT2D eigenvalue weighted by atomic mass is 127. The molecule has 0 aliphatic heterocycles. The molecule has 0 unspecified atom stereocenters. The molecular weight excluding hydrogens is 379 g/mol. The predicted octanol–water partition coefficient (Wildman–Crippen LogP) is 3.91. The molecule has 0 saturated heterocycles. The van der Waals surface area contributed by atoms with E-state index in [-0.39, 0.29) is 18.0 Å². The molecular formula is C9H8ClF5IN. The molecule has 0 heterocycles. The van der Waals surface area contributed by atoms with Crippen LogP contribution in [-0.4, -0.2) is 12.1 Å². The molecule has 17 heavy (non-hydrogen) atoms. The average molecular weight is 388 g/mol. The highest BCUT2D eigenvalue weighted by Crippen LogP contribution is 2.43. The van der Waals surface area contributed by atoms with Crippen LogP contribution in [0.15, 0.2) is 24.3 Å². The number of hydrogen-bond acceptors (Lipinski definition) is 1. The van der Waals surface area contributed by atoms with Gasteiger partial charge in [0.25, 0.3) is 0 Å². The molecule has 0 bridgehead atoms. The summed E-state index contributed by atoms with van der Waals surface area (Å²) in [5.41, 5.74) is 4.71. The second-order valence-corrected chi connectivity index (χ2v) is 4.40. The molecule has 0 fully saturated rings. The maximum atomic E-state index is 12.9. The third-order valence-electron chi connectivity index (χ3n) is 1.98. The van der Waals surface area contributed by atoms with Gasteiger partial charge >= 0.3 is 12.1 Å². The Balaban J connectivity index is 0.00000256. The number of alkyl halides is 5. The topological polar surface area (TPSA) is 26.0 Å². The number of benzene rings is 1. The van der Waals surface area contributed by atoms with E-state index in [0.29, 0.717) is 3.57 Å². The van der Waals surface area contributed by atoms with Gasteiger partial charge in [0.2, 0.25) is 0 Å². The lowest BCUT2D eigenvalue weighted by Gasteiger charge is -2.25. The smallest absolute Gasteiger partial charge is 0.319 e. The van der Waals surface area contributed by atoms with Crippen molar-refractivity contribution in [3.05, 3.63) is 33.4 Å². The van der Waals surface area contributed by atoms with Gasteiger partial charge in [-0.1, -0.05) is 12.1 Å². The zero-order chi connectivity index (χ0) is 12.6. The summed E-state index contributed by atoms with van der Waals surface area (Å²) in [4.78, 5) is 0. The van der Waals surface area contributed by atoms with Gasteiger partial charge in [0.15, 0.2) is 0 Å². The standard InChI is InChI=1S/C9H7F5IN.ClH/c10-8(11,9(12,13)14)7(16)5-2-1-3-6(15)4-5;/h1-4,7H,16H2;1H/t7-;/m0./s1. The van der Waals surface area contributed by atoms with Crippen molar-refractivity contribution >= 4 is 35.0 Å². The first kappa shape index (κ1) is 16.9. The van der Waals surface area contributed by atoms with E-state index in [4.69, 9.17) is 5.73 Å². The molecule has 0 aliphatic carbocycles. The van der Waals surface area contributed by atoms with Crippen molar-refractivity contribution in [2.75, 3.05) is 0 Å². The molecule has 8 heteroatoms. The van der Waals surface area contributed by atoms with Gasteiger partial charge in [0.1, 0.15) is 6.04 Å². The second-order valence-electron chi connectivity index (χ2n) is 3.15. The molecule has 1 nitrogen and oxygen atoms in total. The zero-order valence-corrected chi connectivity index (χ0v) is 11.1. The Kier molecular flexibility index (Phi) is 5.61. The summed E-state index contributed by atoms with van der Waals surface area (Å²) < 4.78 is 62.4. The van der Waals surface area contributed by atoms with Gasteiger partial charge in [-0.05, 0) is 40.3 Å². The van der Waals surface area contributed by atoms with E-state index < -0.39 is 18.1 Å². The fraction of sp³-hybridized carbons (Fsp3) is 0.333. The van der Waals surface area contributed by atoms with Crippen molar-refractivity contribution < 1.29 is 22.0 Å². The van der Waals surface area contributed by atoms with Crippen LogP contribution >= 0.6 is 35.0 Å². The van der Waals surface area contributed by atoms with E-state index in [1.807, 2.05) is 0 Å². The minimum Gasteiger partial charge on any atom is -0.319 e. The Bertz CT molecular complexity index is 382. The van der Waals surface area contributed by atoms with Crippen LogP contribution in [0.3, 0.4) is 0 Å². The van der Waals surface area contributed by atoms with Crippen molar-refractivity contribution in [1.82, 2.24) is 0 Å². The molecule has 0 amide bonds. The molecule has 0 spiro atoms. The SMILES string of the molecule is Cl.N[C@@H](c1cccc(I)c1)C(F)(F)C(F)(F)F. The predicted molar refractivity (Wildman–Crippen MR) is 64.3 cm³/mol. The Labute approximate surface area is 114 Å². The van der Waals surface area contributed by atoms with Crippen LogP contribution in [0.5, 0.6) is 0 Å². The molecule has 1 aromatic rings. The fourth-order valence-corrected chi connectivity index (χ4v) is 1.65. The number of halogens is 7. The molecule has 0 aromatic heterocycles. The largest absolute Gasteiger partial charge is 0.455 e. The lowest BCUT2D eigenvalue weighted by atomic mass is 10.0.